The summed E-state index contributed by atoms with van der Waals surface area (Å²) in [4.78, 5) is 11.9. The van der Waals surface area contributed by atoms with Crippen LogP contribution in [0, 0.1) is 35.0 Å². The fraction of sp³-hybridized carbons (Fsp3) is 0.296. The minimum absolute atomic E-state index is 0. The maximum absolute atomic E-state index is 6.66. The smallest absolute Gasteiger partial charge is 0.334 e. The molecular weight excluding hydrogens is 941 g/mol. The molecule has 0 amide bonds. The average Bonchev–Trinajstić information content (AvgIpc) is 3.75. The van der Waals surface area contributed by atoms with Gasteiger partial charge in [0, 0.05) is 55.7 Å². The molecule has 0 atom stereocenters. The van der Waals surface area contributed by atoms with Gasteiger partial charge in [-0.3, -0.25) is 0 Å². The van der Waals surface area contributed by atoms with E-state index in [1.165, 1.54) is 22.3 Å². The van der Waals surface area contributed by atoms with Crippen LogP contribution in [0.2, 0.25) is 0 Å². The fourth-order valence-electron chi connectivity index (χ4n) is 8.68. The van der Waals surface area contributed by atoms with E-state index in [1.54, 1.807) is 0 Å². The van der Waals surface area contributed by atoms with Crippen LogP contribution in [0.25, 0.3) is 27.6 Å². The van der Waals surface area contributed by atoms with E-state index in [0.717, 1.165) is 51.1 Å². The Morgan fingerprint density at radius 2 is 1.40 bits per heavy atom. The zero-order valence-corrected chi connectivity index (χ0v) is 40.2. The Bertz CT molecular complexity index is 2810. The second-order valence-electron chi connectivity index (χ2n) is 20.6. The van der Waals surface area contributed by atoms with Crippen LogP contribution in [0.1, 0.15) is 88.1 Å². The summed E-state index contributed by atoms with van der Waals surface area (Å²) in [6.45, 7) is 27.7. The predicted octanol–water partition coefficient (Wildman–Crippen LogP) is 14.1. The van der Waals surface area contributed by atoms with E-state index in [4.69, 9.17) is 9.72 Å². The zero-order valence-electron chi connectivity index (χ0n) is 37.9. The Kier molecular flexibility index (Phi) is 11.1. The van der Waals surface area contributed by atoms with E-state index < -0.39 is 0 Å². The fourth-order valence-corrected chi connectivity index (χ4v) is 8.68. The van der Waals surface area contributed by atoms with Crippen molar-refractivity contribution >= 4 is 45.7 Å². The molecular formula is C54H57BN5OPt-3. The van der Waals surface area contributed by atoms with Gasteiger partial charge in [0.15, 0.2) is 0 Å². The summed E-state index contributed by atoms with van der Waals surface area (Å²) in [5, 5.41) is 2.25. The number of hydrogen-bond donors (Lipinski definition) is 0. The number of benzene rings is 4. The third-order valence-corrected chi connectivity index (χ3v) is 13.0. The number of pyridine rings is 1. The van der Waals surface area contributed by atoms with Crippen LogP contribution >= 0.6 is 0 Å². The summed E-state index contributed by atoms with van der Waals surface area (Å²) < 4.78 is 8.86. The van der Waals surface area contributed by atoms with Crippen LogP contribution in [0.4, 0.5) is 17.1 Å². The molecule has 0 unspecified atom stereocenters. The van der Waals surface area contributed by atoms with Gasteiger partial charge in [0.25, 0.3) is 0 Å². The summed E-state index contributed by atoms with van der Waals surface area (Å²) in [5.41, 5.74) is 10.4. The molecule has 6 nitrogen and oxygen atoms in total. The van der Waals surface area contributed by atoms with E-state index in [-0.39, 0.29) is 49.6 Å². The third-order valence-electron chi connectivity index (χ3n) is 13.0. The second kappa shape index (κ2) is 15.8. The molecule has 0 spiro atoms. The normalized spacial score (nSPS) is 15.6. The molecule has 0 aliphatic carbocycles. The first-order valence-electron chi connectivity index (χ1n) is 21.6. The quantitative estimate of drug-likeness (QED) is 0.118. The molecule has 4 aromatic carbocycles. The first kappa shape index (κ1) is 43.4. The van der Waals surface area contributed by atoms with E-state index in [1.807, 2.05) is 24.4 Å². The first-order valence-corrected chi connectivity index (χ1v) is 21.6. The molecule has 2 aromatic heterocycles. The predicted molar refractivity (Wildman–Crippen MR) is 255 cm³/mol. The van der Waals surface area contributed by atoms with Crippen molar-refractivity contribution in [3.05, 3.63) is 169 Å². The van der Waals surface area contributed by atoms with Crippen LogP contribution in [-0.2, 0) is 26.5 Å². The van der Waals surface area contributed by atoms with Gasteiger partial charge >= 0.3 is 6.85 Å². The molecule has 0 saturated heterocycles. The number of nitrogens with zero attached hydrogens (tertiary/aromatic N) is 5. The van der Waals surface area contributed by atoms with E-state index in [9.17, 15) is 0 Å². The largest absolute Gasteiger partial charge is 0.509 e. The number of aromatic nitrogens is 2. The Morgan fingerprint density at radius 3 is 2.13 bits per heavy atom. The molecule has 62 heavy (non-hydrogen) atoms. The van der Waals surface area contributed by atoms with Gasteiger partial charge in [0.05, 0.1) is 0 Å². The molecule has 0 fully saturated rings. The van der Waals surface area contributed by atoms with Gasteiger partial charge in [-0.25, -0.2) is 4.98 Å². The molecule has 9 rings (SSSR count). The van der Waals surface area contributed by atoms with Crippen molar-refractivity contribution in [1.29, 1.82) is 0 Å². The molecule has 0 radical (unpaired) electrons. The summed E-state index contributed by atoms with van der Waals surface area (Å²) in [6.07, 6.45) is 12.0. The number of hydrogen-bond acceptors (Lipinski definition) is 5. The monoisotopic (exact) mass is 997 g/mol. The molecule has 320 valence electrons. The van der Waals surface area contributed by atoms with Crippen LogP contribution < -0.4 is 14.5 Å². The molecule has 3 aliphatic heterocycles. The molecule has 0 N–H and O–H groups in total. The van der Waals surface area contributed by atoms with Crippen LogP contribution in [-0.4, -0.2) is 21.2 Å². The average molecular weight is 998 g/mol. The van der Waals surface area contributed by atoms with E-state index >= 15 is 0 Å². The minimum Gasteiger partial charge on any atom is -0.509 e. The van der Waals surface area contributed by atoms with Gasteiger partial charge in [0.2, 0.25) is 0 Å². The number of anilines is 3. The molecule has 8 heteroatoms. The number of allylic oxidation sites excluding steroid dienone is 4. The van der Waals surface area contributed by atoms with Gasteiger partial charge in [-0.2, -0.15) is 12.1 Å². The molecule has 0 bridgehead atoms. The number of fused-ring (bicyclic) bond motifs is 5. The summed E-state index contributed by atoms with van der Waals surface area (Å²) in [6, 6.07) is 39.0. The number of para-hydroxylation sites is 3. The van der Waals surface area contributed by atoms with Crippen molar-refractivity contribution in [1.82, 2.24) is 14.4 Å². The maximum Gasteiger partial charge on any atom is 0.334 e. The number of rotatable bonds is 7. The van der Waals surface area contributed by atoms with Gasteiger partial charge in [-0.05, 0) is 105 Å². The summed E-state index contributed by atoms with van der Waals surface area (Å²) in [5.74, 6) is 4.58. The Morgan fingerprint density at radius 1 is 0.710 bits per heavy atom. The first-order chi connectivity index (χ1) is 28.9. The van der Waals surface area contributed by atoms with Crippen molar-refractivity contribution < 1.29 is 25.8 Å². The third kappa shape index (κ3) is 7.87. The van der Waals surface area contributed by atoms with Crippen molar-refractivity contribution in [3.8, 4) is 17.3 Å². The number of ether oxygens (including phenoxy) is 1. The maximum atomic E-state index is 6.66. The van der Waals surface area contributed by atoms with Crippen molar-refractivity contribution in [2.45, 2.75) is 88.0 Å². The summed E-state index contributed by atoms with van der Waals surface area (Å²) in [7, 11) is 0. The van der Waals surface area contributed by atoms with Gasteiger partial charge < -0.3 is 23.9 Å². The van der Waals surface area contributed by atoms with Gasteiger partial charge in [-0.15, -0.1) is 48.1 Å². The summed E-state index contributed by atoms with van der Waals surface area (Å²) >= 11 is 0. The van der Waals surface area contributed by atoms with Gasteiger partial charge in [0.1, 0.15) is 5.82 Å². The standard InChI is InChI=1S/C54H57BN5O.Pt/c1-51(2,3)34-37-26-29-57-30-27-39(54(10,11)53(7,8)9)35-55(57)50(37)59-36-58(46-21-14-15-22-47(46)59)40-17-16-18-41(32-40)61-42-23-24-44-43-19-12-13-20-45(43)60(48(44)33-42)49-31-38(25-28-56-49)52(4,5)6;/h12-31,35-36H,34H2,1-11H3;/q-3;. The minimum atomic E-state index is -0.0349. The van der Waals surface area contributed by atoms with Crippen LogP contribution in [0.15, 0.2) is 144 Å². The van der Waals surface area contributed by atoms with Crippen molar-refractivity contribution in [2.75, 3.05) is 9.80 Å². The van der Waals surface area contributed by atoms with E-state index in [0.29, 0.717) is 11.5 Å². The SMILES string of the molecule is CC(C)(C)CC1=C(N2[CH-]N(c3[c-]c(Oc4[c-]c5c(cc4)c4ccccc4n5-c4cc(C(C)(C)C)ccn4)ccc3)c3ccccc32)B2C=C(C(C)(C)C(C)(C)C)C=CN2C=C1.[Pt]. The molecule has 5 heterocycles. The van der Waals surface area contributed by atoms with Crippen LogP contribution in [0.3, 0.4) is 0 Å². The molecule has 6 aromatic rings. The molecule has 3 aliphatic rings. The molecule has 0 saturated carbocycles. The Hall–Kier alpha value is -5.26. The Labute approximate surface area is 384 Å². The van der Waals surface area contributed by atoms with E-state index in [2.05, 4.69) is 217 Å². The second-order valence-corrected chi connectivity index (χ2v) is 20.6. The zero-order chi connectivity index (χ0) is 43.1. The van der Waals surface area contributed by atoms with Crippen molar-refractivity contribution in [2.24, 2.45) is 16.2 Å². The Balaban J connectivity index is 0.00000529. The van der Waals surface area contributed by atoms with Gasteiger partial charge in [-0.1, -0.05) is 124 Å². The topological polar surface area (TPSA) is 36.8 Å². The van der Waals surface area contributed by atoms with Crippen molar-refractivity contribution in [3.63, 3.8) is 0 Å². The van der Waals surface area contributed by atoms with Crippen LogP contribution in [0.5, 0.6) is 11.5 Å².